The van der Waals surface area contributed by atoms with E-state index in [1.165, 1.54) is 85.1 Å². The Kier molecular flexibility index (Phi) is 7.79. The van der Waals surface area contributed by atoms with Gasteiger partial charge in [0.25, 0.3) is 0 Å². The zero-order chi connectivity index (χ0) is 25.8. The maximum Gasteiger partial charge on any atom is 0.0351 e. The number of nitrogens with zero attached hydrogens (tertiary/aromatic N) is 6. The van der Waals surface area contributed by atoms with Gasteiger partial charge in [0.05, 0.1) is 0 Å². The van der Waals surface area contributed by atoms with Crippen LogP contribution in [0.1, 0.15) is 69.2 Å². The van der Waals surface area contributed by atoms with E-state index in [-0.39, 0.29) is 11.1 Å². The number of hydrogen-bond acceptors (Lipinski definition) is 6. The number of likely N-dealkylation sites (tertiary alicyclic amines) is 2. The first-order valence-electron chi connectivity index (χ1n) is 14.5. The van der Waals surface area contributed by atoms with Crippen LogP contribution in [0.2, 0.25) is 0 Å². The quantitative estimate of drug-likeness (QED) is 0.566. The van der Waals surface area contributed by atoms with Crippen molar-refractivity contribution in [1.82, 2.24) is 29.4 Å². The predicted octanol–water partition coefficient (Wildman–Crippen LogP) is 2.99. The molecule has 0 saturated carbocycles. The van der Waals surface area contributed by atoms with E-state index in [9.17, 15) is 0 Å². The van der Waals surface area contributed by atoms with Crippen molar-refractivity contribution in [1.29, 1.82) is 0 Å². The third kappa shape index (κ3) is 5.93. The summed E-state index contributed by atoms with van der Waals surface area (Å²) in [7, 11) is 0. The molecular weight excluding hydrogens is 432 g/mol. The summed E-state index contributed by atoms with van der Waals surface area (Å²) in [6.45, 7) is 40.1. The molecule has 0 aromatic heterocycles. The van der Waals surface area contributed by atoms with Gasteiger partial charge in [-0.25, -0.2) is 0 Å². The van der Waals surface area contributed by atoms with Gasteiger partial charge in [-0.15, -0.1) is 0 Å². The molecule has 6 heteroatoms. The second kappa shape index (κ2) is 9.81. The largest absolute Gasteiger partial charge is 0.300 e. The smallest absolute Gasteiger partial charge is 0.0351 e. The highest BCUT2D eigenvalue weighted by Gasteiger charge is 2.48. The lowest BCUT2D eigenvalue weighted by Gasteiger charge is -2.59. The van der Waals surface area contributed by atoms with Crippen molar-refractivity contribution in [3.05, 3.63) is 0 Å². The van der Waals surface area contributed by atoms with E-state index >= 15 is 0 Å². The van der Waals surface area contributed by atoms with Crippen LogP contribution >= 0.6 is 0 Å². The van der Waals surface area contributed by atoms with Crippen LogP contribution in [0.15, 0.2) is 0 Å². The summed E-state index contributed by atoms with van der Waals surface area (Å²) >= 11 is 0. The second-order valence-electron chi connectivity index (χ2n) is 15.3. The van der Waals surface area contributed by atoms with Gasteiger partial charge in [-0.05, 0) is 53.9 Å². The number of piperazine rings is 2. The summed E-state index contributed by atoms with van der Waals surface area (Å²) < 4.78 is 0. The van der Waals surface area contributed by atoms with Crippen LogP contribution in [0.5, 0.6) is 0 Å². The van der Waals surface area contributed by atoms with Gasteiger partial charge in [0, 0.05) is 114 Å². The Morgan fingerprint density at radius 3 is 1.20 bits per heavy atom. The molecule has 4 fully saturated rings. The van der Waals surface area contributed by atoms with Crippen LogP contribution in [0.4, 0.5) is 0 Å². The summed E-state index contributed by atoms with van der Waals surface area (Å²) in [6, 6.07) is 1.55. The average molecular weight is 491 g/mol. The van der Waals surface area contributed by atoms with Gasteiger partial charge < -0.3 is 0 Å². The van der Waals surface area contributed by atoms with Gasteiger partial charge in [-0.3, -0.25) is 29.4 Å². The van der Waals surface area contributed by atoms with Gasteiger partial charge in [0.1, 0.15) is 0 Å². The summed E-state index contributed by atoms with van der Waals surface area (Å²) in [4.78, 5) is 16.4. The Morgan fingerprint density at radius 2 is 0.857 bits per heavy atom. The fraction of sp³-hybridized carbons (Fsp3) is 1.00. The molecule has 0 aliphatic carbocycles. The van der Waals surface area contributed by atoms with E-state index in [1.807, 2.05) is 0 Å². The fourth-order valence-electron chi connectivity index (χ4n) is 6.87. The van der Waals surface area contributed by atoms with Crippen molar-refractivity contribution < 1.29 is 0 Å². The maximum absolute atomic E-state index is 2.80. The molecule has 4 rings (SSSR count). The molecule has 0 bridgehead atoms. The second-order valence-corrected chi connectivity index (χ2v) is 15.3. The topological polar surface area (TPSA) is 19.4 Å². The van der Waals surface area contributed by atoms with Crippen molar-refractivity contribution in [2.45, 2.75) is 97.9 Å². The maximum atomic E-state index is 2.80. The molecule has 0 amide bonds. The molecule has 0 radical (unpaired) electrons. The summed E-state index contributed by atoms with van der Waals surface area (Å²) in [5, 5.41) is 0. The van der Waals surface area contributed by atoms with E-state index in [1.54, 1.807) is 0 Å². The Morgan fingerprint density at radius 1 is 0.486 bits per heavy atom. The summed E-state index contributed by atoms with van der Waals surface area (Å²) in [5.74, 6) is 0. The molecule has 4 aliphatic rings. The molecule has 6 nitrogen and oxygen atoms in total. The SMILES string of the molecule is CC(C)(C)CN1CC(N2CCN(C(C)(C)C(C)(C)N3CCN(C4CN(C(C)(C)C)C4)CC3)CC2)C1. The molecule has 0 N–H and O–H groups in total. The lowest BCUT2D eigenvalue weighted by molar-refractivity contribution is -0.0941. The molecule has 35 heavy (non-hydrogen) atoms. The molecule has 0 aromatic carbocycles. The lowest BCUT2D eigenvalue weighted by atomic mass is 9.78. The van der Waals surface area contributed by atoms with Crippen molar-refractivity contribution in [3.8, 4) is 0 Å². The fourth-order valence-corrected chi connectivity index (χ4v) is 6.87. The molecule has 4 saturated heterocycles. The lowest BCUT2D eigenvalue weighted by Crippen LogP contribution is -2.72. The molecule has 0 atom stereocenters. The van der Waals surface area contributed by atoms with Crippen LogP contribution in [0.25, 0.3) is 0 Å². The molecule has 204 valence electrons. The van der Waals surface area contributed by atoms with Gasteiger partial charge in [-0.1, -0.05) is 20.8 Å². The Hall–Kier alpha value is -0.240. The van der Waals surface area contributed by atoms with Crippen LogP contribution in [-0.4, -0.2) is 143 Å². The van der Waals surface area contributed by atoms with E-state index < -0.39 is 0 Å². The van der Waals surface area contributed by atoms with Gasteiger partial charge in [0.2, 0.25) is 0 Å². The third-order valence-corrected chi connectivity index (χ3v) is 10.2. The van der Waals surface area contributed by atoms with Gasteiger partial charge >= 0.3 is 0 Å². The number of rotatable bonds is 6. The highest BCUT2D eigenvalue weighted by atomic mass is 15.4. The zero-order valence-corrected chi connectivity index (χ0v) is 25.0. The minimum atomic E-state index is 0.165. The summed E-state index contributed by atoms with van der Waals surface area (Å²) in [6.07, 6.45) is 0. The van der Waals surface area contributed by atoms with E-state index in [0.29, 0.717) is 11.0 Å². The first-order chi connectivity index (χ1) is 16.1. The molecule has 0 unspecified atom stereocenters. The molecule has 4 heterocycles. The Balaban J connectivity index is 1.23. The van der Waals surface area contributed by atoms with Crippen molar-refractivity contribution in [3.63, 3.8) is 0 Å². The van der Waals surface area contributed by atoms with Crippen molar-refractivity contribution >= 4 is 0 Å². The molecule has 0 aromatic rings. The first kappa shape index (κ1) is 27.8. The van der Waals surface area contributed by atoms with E-state index in [0.717, 1.165) is 12.1 Å². The molecular formula is C29H58N6. The average Bonchev–Trinajstić information content (AvgIpc) is 2.68. The van der Waals surface area contributed by atoms with Gasteiger partial charge in [-0.2, -0.15) is 0 Å². The summed E-state index contributed by atoms with van der Waals surface area (Å²) in [5.41, 5.74) is 1.06. The number of hydrogen-bond donors (Lipinski definition) is 0. The van der Waals surface area contributed by atoms with E-state index in [2.05, 4.69) is 98.6 Å². The third-order valence-electron chi connectivity index (χ3n) is 10.2. The van der Waals surface area contributed by atoms with Gasteiger partial charge in [0.15, 0.2) is 0 Å². The highest BCUT2D eigenvalue weighted by molar-refractivity contribution is 5.06. The standard InChI is InChI=1S/C29H58N6/c1-26(2,3)23-30-19-24(20-30)31-11-15-33(16-12-31)28(7,8)29(9,10)34-17-13-32(14-18-34)25-21-35(22-25)27(4,5)6/h24-25H,11-23H2,1-10H3. The minimum Gasteiger partial charge on any atom is -0.300 e. The van der Waals surface area contributed by atoms with Crippen LogP contribution in [0.3, 0.4) is 0 Å². The van der Waals surface area contributed by atoms with Crippen LogP contribution in [-0.2, 0) is 0 Å². The Bertz CT molecular complexity index is 692. The van der Waals surface area contributed by atoms with Crippen molar-refractivity contribution in [2.75, 3.05) is 85.1 Å². The highest BCUT2D eigenvalue weighted by Crippen LogP contribution is 2.36. The Labute approximate surface area is 217 Å². The normalized spacial score (nSPS) is 27.3. The van der Waals surface area contributed by atoms with Crippen LogP contribution in [0, 0.1) is 5.41 Å². The molecule has 0 spiro atoms. The first-order valence-corrected chi connectivity index (χ1v) is 14.5. The molecule has 4 aliphatic heterocycles. The zero-order valence-electron chi connectivity index (χ0n) is 25.0. The van der Waals surface area contributed by atoms with E-state index in [4.69, 9.17) is 0 Å². The van der Waals surface area contributed by atoms with Crippen LogP contribution < -0.4 is 0 Å². The predicted molar refractivity (Wildman–Crippen MR) is 149 cm³/mol. The van der Waals surface area contributed by atoms with Crippen molar-refractivity contribution in [2.24, 2.45) is 5.41 Å². The monoisotopic (exact) mass is 490 g/mol. The minimum absolute atomic E-state index is 0.165.